The number of aliphatic hydroxyl groups is 1. The molecule has 1 heterocycles. The number of likely N-dealkylation sites (N-methyl/N-ethyl adjacent to an activating group) is 1. The Morgan fingerprint density at radius 3 is 2.90 bits per heavy atom. The van der Waals surface area contributed by atoms with E-state index in [9.17, 15) is 5.11 Å². The molecule has 0 fully saturated rings. The Morgan fingerprint density at radius 1 is 1.45 bits per heavy atom. The number of aliphatic hydroxyl groups excluding tert-OH is 1. The third-order valence-corrected chi connectivity index (χ3v) is 3.17. The van der Waals surface area contributed by atoms with Gasteiger partial charge in [-0.2, -0.15) is 5.10 Å². The Hall–Kier alpha value is -1.85. The van der Waals surface area contributed by atoms with Gasteiger partial charge < -0.3 is 9.84 Å². The van der Waals surface area contributed by atoms with E-state index in [1.165, 1.54) is 0 Å². The van der Waals surface area contributed by atoms with E-state index in [0.29, 0.717) is 6.54 Å². The molecule has 108 valence electrons. The molecule has 0 aliphatic heterocycles. The van der Waals surface area contributed by atoms with Gasteiger partial charge in [0.05, 0.1) is 19.4 Å². The van der Waals surface area contributed by atoms with Crippen LogP contribution in [0.2, 0.25) is 0 Å². The first-order valence-corrected chi connectivity index (χ1v) is 6.56. The lowest BCUT2D eigenvalue weighted by atomic mass is 10.1. The summed E-state index contributed by atoms with van der Waals surface area (Å²) in [5.74, 6) is 0.761. The van der Waals surface area contributed by atoms with Gasteiger partial charge in [-0.3, -0.25) is 9.58 Å². The zero-order valence-corrected chi connectivity index (χ0v) is 12.2. The molecule has 0 radical (unpaired) electrons. The first-order chi connectivity index (χ1) is 9.58. The molecule has 0 bridgehead atoms. The molecule has 1 aromatic carbocycles. The summed E-state index contributed by atoms with van der Waals surface area (Å²) in [6.07, 6.45) is 3.29. The number of hydrogen-bond donors (Lipinski definition) is 1. The first-order valence-electron chi connectivity index (χ1n) is 6.56. The highest BCUT2D eigenvalue weighted by molar-refractivity contribution is 5.29. The van der Waals surface area contributed by atoms with Crippen molar-refractivity contribution in [3.63, 3.8) is 0 Å². The molecular weight excluding hydrogens is 254 g/mol. The third kappa shape index (κ3) is 3.82. The predicted octanol–water partition coefficient (Wildman–Crippen LogP) is 1.59. The quantitative estimate of drug-likeness (QED) is 0.870. The molecular formula is C15H21N3O2. The average molecular weight is 275 g/mol. The summed E-state index contributed by atoms with van der Waals surface area (Å²) in [5, 5.41) is 14.4. The fourth-order valence-electron chi connectivity index (χ4n) is 2.18. The molecule has 5 heteroatoms. The monoisotopic (exact) mass is 275 g/mol. The van der Waals surface area contributed by atoms with Gasteiger partial charge in [0, 0.05) is 31.9 Å². The van der Waals surface area contributed by atoms with E-state index in [4.69, 9.17) is 4.74 Å². The summed E-state index contributed by atoms with van der Waals surface area (Å²) < 4.78 is 6.95. The molecule has 1 atom stereocenters. The molecule has 0 saturated heterocycles. The van der Waals surface area contributed by atoms with Crippen molar-refractivity contribution in [3.8, 4) is 5.75 Å². The van der Waals surface area contributed by atoms with Crippen LogP contribution in [0, 0.1) is 0 Å². The third-order valence-electron chi connectivity index (χ3n) is 3.17. The molecule has 0 aliphatic rings. The van der Waals surface area contributed by atoms with Gasteiger partial charge in [-0.1, -0.05) is 12.1 Å². The van der Waals surface area contributed by atoms with Crippen LogP contribution in [-0.4, -0.2) is 40.5 Å². The number of methoxy groups -OCH3 is 1. The maximum absolute atomic E-state index is 10.3. The van der Waals surface area contributed by atoms with Crippen LogP contribution >= 0.6 is 0 Å². The molecule has 0 saturated carbocycles. The number of hydrogen-bond acceptors (Lipinski definition) is 4. The minimum absolute atomic E-state index is 0.535. The molecule has 0 amide bonds. The summed E-state index contributed by atoms with van der Waals surface area (Å²) in [6, 6.07) is 7.53. The Morgan fingerprint density at radius 2 is 2.25 bits per heavy atom. The minimum Gasteiger partial charge on any atom is -0.497 e. The maximum atomic E-state index is 10.3. The molecule has 0 spiro atoms. The van der Waals surface area contributed by atoms with Crippen molar-refractivity contribution in [1.82, 2.24) is 14.7 Å². The number of aromatic nitrogens is 2. The predicted molar refractivity (Wildman–Crippen MR) is 77.5 cm³/mol. The summed E-state index contributed by atoms with van der Waals surface area (Å²) >= 11 is 0. The van der Waals surface area contributed by atoms with Crippen molar-refractivity contribution in [2.75, 3.05) is 20.7 Å². The van der Waals surface area contributed by atoms with E-state index >= 15 is 0 Å². The van der Waals surface area contributed by atoms with Crippen molar-refractivity contribution < 1.29 is 9.84 Å². The van der Waals surface area contributed by atoms with Crippen LogP contribution in [0.4, 0.5) is 0 Å². The molecule has 0 aliphatic carbocycles. The van der Waals surface area contributed by atoms with Crippen LogP contribution in [0.3, 0.4) is 0 Å². The average Bonchev–Trinajstić information content (AvgIpc) is 2.83. The summed E-state index contributed by atoms with van der Waals surface area (Å²) in [5.41, 5.74) is 2.00. The summed E-state index contributed by atoms with van der Waals surface area (Å²) in [7, 11) is 5.50. The lowest BCUT2D eigenvalue weighted by molar-refractivity contribution is 0.123. The highest BCUT2D eigenvalue weighted by atomic mass is 16.5. The molecule has 2 rings (SSSR count). The molecule has 1 unspecified atom stereocenters. The van der Waals surface area contributed by atoms with Crippen LogP contribution in [0.1, 0.15) is 17.2 Å². The Bertz CT molecular complexity index is 554. The minimum atomic E-state index is -0.535. The fraction of sp³-hybridized carbons (Fsp3) is 0.400. The van der Waals surface area contributed by atoms with Gasteiger partial charge in [0.1, 0.15) is 5.75 Å². The highest BCUT2D eigenvalue weighted by Gasteiger charge is 2.12. The summed E-state index contributed by atoms with van der Waals surface area (Å²) in [6.45, 7) is 1.32. The Labute approximate surface area is 119 Å². The molecule has 1 aromatic heterocycles. The number of nitrogens with zero attached hydrogens (tertiary/aromatic N) is 3. The Kier molecular flexibility index (Phi) is 4.76. The number of benzene rings is 1. The summed E-state index contributed by atoms with van der Waals surface area (Å²) in [4.78, 5) is 2.07. The van der Waals surface area contributed by atoms with Crippen molar-refractivity contribution in [2.45, 2.75) is 12.6 Å². The van der Waals surface area contributed by atoms with Gasteiger partial charge in [0.2, 0.25) is 0 Å². The van der Waals surface area contributed by atoms with Crippen LogP contribution in [0.25, 0.3) is 0 Å². The van der Waals surface area contributed by atoms with Gasteiger partial charge >= 0.3 is 0 Å². The van der Waals surface area contributed by atoms with Crippen molar-refractivity contribution in [1.29, 1.82) is 0 Å². The van der Waals surface area contributed by atoms with E-state index < -0.39 is 6.10 Å². The van der Waals surface area contributed by atoms with Gasteiger partial charge in [-0.25, -0.2) is 0 Å². The zero-order valence-electron chi connectivity index (χ0n) is 12.2. The second kappa shape index (κ2) is 6.54. The van der Waals surface area contributed by atoms with Gasteiger partial charge in [-0.15, -0.1) is 0 Å². The zero-order chi connectivity index (χ0) is 14.5. The highest BCUT2D eigenvalue weighted by Crippen LogP contribution is 2.20. The van der Waals surface area contributed by atoms with Crippen LogP contribution < -0.4 is 4.74 Å². The van der Waals surface area contributed by atoms with E-state index in [1.54, 1.807) is 11.8 Å². The van der Waals surface area contributed by atoms with Crippen molar-refractivity contribution >= 4 is 0 Å². The van der Waals surface area contributed by atoms with Gasteiger partial charge in [0.25, 0.3) is 0 Å². The second-order valence-electron chi connectivity index (χ2n) is 5.01. The van der Waals surface area contributed by atoms with Gasteiger partial charge in [-0.05, 0) is 24.7 Å². The lowest BCUT2D eigenvalue weighted by Crippen LogP contribution is -2.24. The number of ether oxygens (including phenoxy) is 1. The van der Waals surface area contributed by atoms with Crippen LogP contribution in [0.5, 0.6) is 5.75 Å². The fourth-order valence-corrected chi connectivity index (χ4v) is 2.18. The van der Waals surface area contributed by atoms with Crippen LogP contribution in [0.15, 0.2) is 36.7 Å². The lowest BCUT2D eigenvalue weighted by Gasteiger charge is -2.20. The van der Waals surface area contributed by atoms with E-state index in [2.05, 4.69) is 10.00 Å². The molecule has 5 nitrogen and oxygen atoms in total. The van der Waals surface area contributed by atoms with Crippen molar-refractivity contribution in [3.05, 3.63) is 47.8 Å². The maximum Gasteiger partial charge on any atom is 0.119 e. The number of rotatable bonds is 6. The number of aryl methyl sites for hydroxylation is 1. The normalized spacial score (nSPS) is 12.7. The van der Waals surface area contributed by atoms with Crippen molar-refractivity contribution in [2.24, 2.45) is 7.05 Å². The molecule has 2 aromatic rings. The topological polar surface area (TPSA) is 50.5 Å². The largest absolute Gasteiger partial charge is 0.497 e. The van der Waals surface area contributed by atoms with E-state index in [1.807, 2.05) is 50.8 Å². The molecule has 1 N–H and O–H groups in total. The smallest absolute Gasteiger partial charge is 0.119 e. The van der Waals surface area contributed by atoms with E-state index in [0.717, 1.165) is 23.4 Å². The standard InChI is InChI=1S/C15H21N3O2/c1-17(9-12-8-16-18(2)10-12)11-15(19)13-5-4-6-14(7-13)20-3/h4-8,10,15,19H,9,11H2,1-3H3. The SMILES string of the molecule is COc1cccc(C(O)CN(C)Cc2cnn(C)c2)c1. The van der Waals surface area contributed by atoms with E-state index in [-0.39, 0.29) is 0 Å². The second-order valence-corrected chi connectivity index (χ2v) is 5.01. The first kappa shape index (κ1) is 14.6. The Balaban J connectivity index is 1.94. The molecule has 20 heavy (non-hydrogen) atoms. The van der Waals surface area contributed by atoms with Crippen LogP contribution in [-0.2, 0) is 13.6 Å². The van der Waals surface area contributed by atoms with Gasteiger partial charge in [0.15, 0.2) is 0 Å².